The van der Waals surface area contributed by atoms with Gasteiger partial charge in [-0.1, -0.05) is 13.8 Å². The molecule has 1 heterocycles. The van der Waals surface area contributed by atoms with Crippen molar-refractivity contribution in [2.75, 3.05) is 5.73 Å². The van der Waals surface area contributed by atoms with Gasteiger partial charge in [0.1, 0.15) is 5.82 Å². The molecular formula is C13H25N5. The minimum atomic E-state index is 0.115. The summed E-state index contributed by atoms with van der Waals surface area (Å²) in [6, 6.07) is 0.115. The Morgan fingerprint density at radius 2 is 1.94 bits per heavy atom. The first kappa shape index (κ1) is 13.4. The zero-order chi connectivity index (χ0) is 13.3. The Hall–Kier alpha value is -1.07. The van der Waals surface area contributed by atoms with Crippen LogP contribution in [0.1, 0.15) is 44.7 Å². The normalized spacial score (nSPS) is 30.3. The van der Waals surface area contributed by atoms with Gasteiger partial charge in [0.15, 0.2) is 0 Å². The average molecular weight is 251 g/mol. The molecule has 0 radical (unpaired) electrons. The second-order valence-corrected chi connectivity index (χ2v) is 5.93. The molecule has 0 aromatic carbocycles. The highest BCUT2D eigenvalue weighted by atomic mass is 15.3. The van der Waals surface area contributed by atoms with Gasteiger partial charge in [-0.05, 0) is 37.0 Å². The van der Waals surface area contributed by atoms with Crippen LogP contribution in [0, 0.1) is 17.8 Å². The quantitative estimate of drug-likeness (QED) is 0.562. The van der Waals surface area contributed by atoms with Gasteiger partial charge in [0.05, 0.1) is 12.2 Å². The lowest BCUT2D eigenvalue weighted by atomic mass is 9.73. The van der Waals surface area contributed by atoms with Crippen LogP contribution in [0.15, 0.2) is 6.20 Å². The van der Waals surface area contributed by atoms with Crippen molar-refractivity contribution < 1.29 is 0 Å². The van der Waals surface area contributed by atoms with E-state index in [1.165, 1.54) is 19.3 Å². The predicted molar refractivity (Wildman–Crippen MR) is 73.4 cm³/mol. The summed E-state index contributed by atoms with van der Waals surface area (Å²) in [5, 5.41) is 4.21. The topological polar surface area (TPSA) is 81.9 Å². The van der Waals surface area contributed by atoms with E-state index < -0.39 is 0 Å². The van der Waals surface area contributed by atoms with E-state index in [1.807, 2.05) is 13.2 Å². The standard InChI is InChI=1S/C13H25N5/c1-8-4-9(2)6-10(5-8)12(17-15)11-7-16-18(3)13(11)14/h7-10,12,17H,4-6,14-15H2,1-3H3. The van der Waals surface area contributed by atoms with Crippen molar-refractivity contribution >= 4 is 5.82 Å². The molecule has 1 saturated carbocycles. The van der Waals surface area contributed by atoms with Crippen molar-refractivity contribution in [3.8, 4) is 0 Å². The molecule has 2 rings (SSSR count). The third kappa shape index (κ3) is 2.52. The number of rotatable bonds is 3. The van der Waals surface area contributed by atoms with Crippen molar-refractivity contribution in [1.29, 1.82) is 0 Å². The van der Waals surface area contributed by atoms with Crippen molar-refractivity contribution in [2.24, 2.45) is 30.6 Å². The van der Waals surface area contributed by atoms with Gasteiger partial charge >= 0.3 is 0 Å². The van der Waals surface area contributed by atoms with Gasteiger partial charge in [-0.2, -0.15) is 5.10 Å². The number of nitrogens with one attached hydrogen (secondary N) is 1. The molecule has 5 heteroatoms. The highest BCUT2D eigenvalue weighted by Crippen LogP contribution is 2.40. The fourth-order valence-corrected chi connectivity index (χ4v) is 3.46. The van der Waals surface area contributed by atoms with Crippen molar-refractivity contribution in [1.82, 2.24) is 15.2 Å². The van der Waals surface area contributed by atoms with Gasteiger partial charge in [-0.25, -0.2) is 0 Å². The molecule has 5 N–H and O–H groups in total. The molecule has 1 aliphatic rings. The number of hydrogen-bond donors (Lipinski definition) is 3. The Balaban J connectivity index is 2.20. The second kappa shape index (κ2) is 5.28. The summed E-state index contributed by atoms with van der Waals surface area (Å²) in [7, 11) is 1.86. The molecular weight excluding hydrogens is 226 g/mol. The minimum Gasteiger partial charge on any atom is -0.384 e. The van der Waals surface area contributed by atoms with Gasteiger partial charge < -0.3 is 5.73 Å². The minimum absolute atomic E-state index is 0.115. The van der Waals surface area contributed by atoms with Gasteiger partial charge in [0.2, 0.25) is 0 Å². The summed E-state index contributed by atoms with van der Waals surface area (Å²) < 4.78 is 1.70. The second-order valence-electron chi connectivity index (χ2n) is 5.93. The maximum Gasteiger partial charge on any atom is 0.126 e. The molecule has 18 heavy (non-hydrogen) atoms. The van der Waals surface area contributed by atoms with Crippen molar-refractivity contribution in [3.63, 3.8) is 0 Å². The van der Waals surface area contributed by atoms with E-state index in [1.54, 1.807) is 4.68 Å². The monoisotopic (exact) mass is 251 g/mol. The first-order valence-electron chi connectivity index (χ1n) is 6.76. The van der Waals surface area contributed by atoms with E-state index in [0.717, 1.165) is 17.4 Å². The molecule has 1 aliphatic carbocycles. The van der Waals surface area contributed by atoms with Crippen LogP contribution >= 0.6 is 0 Å². The predicted octanol–water partition coefficient (Wildman–Crippen LogP) is 1.58. The summed E-state index contributed by atoms with van der Waals surface area (Å²) in [6.07, 6.45) is 5.56. The van der Waals surface area contributed by atoms with E-state index in [4.69, 9.17) is 11.6 Å². The highest BCUT2D eigenvalue weighted by Gasteiger charge is 2.32. The number of anilines is 1. The zero-order valence-electron chi connectivity index (χ0n) is 11.6. The summed E-state index contributed by atoms with van der Waals surface area (Å²) >= 11 is 0. The maximum atomic E-state index is 6.06. The van der Waals surface area contributed by atoms with Crippen molar-refractivity contribution in [2.45, 2.75) is 39.2 Å². The van der Waals surface area contributed by atoms with Crippen LogP contribution in [-0.4, -0.2) is 9.78 Å². The van der Waals surface area contributed by atoms with Crippen LogP contribution in [0.5, 0.6) is 0 Å². The van der Waals surface area contributed by atoms with Crippen molar-refractivity contribution in [3.05, 3.63) is 11.8 Å². The summed E-state index contributed by atoms with van der Waals surface area (Å²) in [6.45, 7) is 4.64. The maximum absolute atomic E-state index is 6.06. The molecule has 0 spiro atoms. The Morgan fingerprint density at radius 3 is 2.39 bits per heavy atom. The van der Waals surface area contributed by atoms with Crippen LogP contribution in [0.4, 0.5) is 5.82 Å². The van der Waals surface area contributed by atoms with Crippen LogP contribution in [0.3, 0.4) is 0 Å². The van der Waals surface area contributed by atoms with Gasteiger partial charge in [-0.15, -0.1) is 0 Å². The van der Waals surface area contributed by atoms with Crippen LogP contribution < -0.4 is 17.0 Å². The third-order valence-corrected chi connectivity index (χ3v) is 4.22. The summed E-state index contributed by atoms with van der Waals surface area (Å²) in [4.78, 5) is 0. The van der Waals surface area contributed by atoms with Crippen LogP contribution in [0.2, 0.25) is 0 Å². The summed E-state index contributed by atoms with van der Waals surface area (Å²) in [5.41, 5.74) is 10.0. The van der Waals surface area contributed by atoms with E-state index in [2.05, 4.69) is 24.4 Å². The number of aryl methyl sites for hydroxylation is 1. The molecule has 0 bridgehead atoms. The molecule has 3 unspecified atom stereocenters. The molecule has 1 aromatic heterocycles. The number of hydrazine groups is 1. The van der Waals surface area contributed by atoms with E-state index in [9.17, 15) is 0 Å². The lowest BCUT2D eigenvalue weighted by Crippen LogP contribution is -2.37. The SMILES string of the molecule is CC1CC(C)CC(C(NN)c2cnn(C)c2N)C1. The van der Waals surface area contributed by atoms with E-state index in [-0.39, 0.29) is 6.04 Å². The summed E-state index contributed by atoms with van der Waals surface area (Å²) in [5.74, 6) is 8.53. The number of nitrogens with zero attached hydrogens (tertiary/aromatic N) is 2. The molecule has 0 saturated heterocycles. The Morgan fingerprint density at radius 1 is 1.33 bits per heavy atom. The van der Waals surface area contributed by atoms with E-state index >= 15 is 0 Å². The molecule has 5 nitrogen and oxygen atoms in total. The number of nitrogen functional groups attached to an aromatic ring is 1. The molecule has 3 atom stereocenters. The molecule has 0 amide bonds. The van der Waals surface area contributed by atoms with Crippen LogP contribution in [0.25, 0.3) is 0 Å². The third-order valence-electron chi connectivity index (χ3n) is 4.22. The molecule has 1 fully saturated rings. The Kier molecular flexibility index (Phi) is 3.92. The van der Waals surface area contributed by atoms with Gasteiger partial charge in [0.25, 0.3) is 0 Å². The zero-order valence-corrected chi connectivity index (χ0v) is 11.6. The average Bonchev–Trinajstić information content (AvgIpc) is 2.61. The number of aromatic nitrogens is 2. The Bertz CT molecular complexity index is 390. The largest absolute Gasteiger partial charge is 0.384 e. The van der Waals surface area contributed by atoms with Gasteiger partial charge in [0, 0.05) is 12.6 Å². The Labute approximate surface area is 109 Å². The van der Waals surface area contributed by atoms with E-state index in [0.29, 0.717) is 11.7 Å². The number of hydrogen-bond acceptors (Lipinski definition) is 4. The molecule has 1 aromatic rings. The fourth-order valence-electron chi connectivity index (χ4n) is 3.46. The smallest absolute Gasteiger partial charge is 0.126 e. The fraction of sp³-hybridized carbons (Fsp3) is 0.769. The lowest BCUT2D eigenvalue weighted by Gasteiger charge is -2.36. The molecule has 0 aliphatic heterocycles. The number of nitrogens with two attached hydrogens (primary N) is 2. The van der Waals surface area contributed by atoms with Crippen LogP contribution in [-0.2, 0) is 7.05 Å². The molecule has 102 valence electrons. The lowest BCUT2D eigenvalue weighted by molar-refractivity contribution is 0.177. The highest BCUT2D eigenvalue weighted by molar-refractivity contribution is 5.41. The first-order chi connectivity index (χ1) is 8.52. The first-order valence-corrected chi connectivity index (χ1v) is 6.76. The van der Waals surface area contributed by atoms with Gasteiger partial charge in [-0.3, -0.25) is 16.0 Å².